The molecule has 0 aliphatic rings. The minimum atomic E-state index is -0.502. The fourth-order valence-electron chi connectivity index (χ4n) is 5.56. The minimum Gasteiger partial charge on any atom is -0.461 e. The smallest absolute Gasteiger partial charge is 0.356 e. The molecule has 0 amide bonds. The van der Waals surface area contributed by atoms with Crippen LogP contribution in [-0.4, -0.2) is 44.3 Å². The second-order valence-corrected chi connectivity index (χ2v) is 9.76. The largest absolute Gasteiger partial charge is 0.461 e. The Labute approximate surface area is 224 Å². The Bertz CT molecular complexity index is 1790. The Morgan fingerprint density at radius 3 is 1.51 bits per heavy atom. The minimum absolute atomic E-state index is 0.106. The molecule has 0 spiro atoms. The number of carbonyl (C=O) groups excluding carboxylic acids is 2. The fraction of sp³-hybridized carbons (Fsp3) is 0.226. The van der Waals surface area contributed by atoms with Gasteiger partial charge in [-0.2, -0.15) is 0 Å². The number of ether oxygens (including phenoxy) is 2. The molecule has 0 unspecified atom stereocenters. The SMILES string of the molecule is Cc1nc(C(=O)OCCCOC(=O)c2cc3c4ccccc4n(C)c3c(C)n2)cc2c3ccccc3n(C)c12. The van der Waals surface area contributed by atoms with Gasteiger partial charge in [0, 0.05) is 53.1 Å². The number of para-hydroxylation sites is 2. The average Bonchev–Trinajstić information content (AvgIpc) is 3.40. The molecule has 6 aromatic rings. The van der Waals surface area contributed by atoms with Crippen LogP contribution in [0.4, 0.5) is 0 Å². The summed E-state index contributed by atoms with van der Waals surface area (Å²) in [5.41, 5.74) is 6.18. The summed E-state index contributed by atoms with van der Waals surface area (Å²) in [6.45, 7) is 4.00. The molecule has 4 aromatic heterocycles. The summed E-state index contributed by atoms with van der Waals surface area (Å²) in [5, 5.41) is 4.05. The molecule has 0 saturated heterocycles. The first-order chi connectivity index (χ1) is 18.8. The molecule has 6 rings (SSSR count). The highest BCUT2D eigenvalue weighted by atomic mass is 16.5. The summed E-state index contributed by atoms with van der Waals surface area (Å²) in [6.07, 6.45) is 0.364. The summed E-state index contributed by atoms with van der Waals surface area (Å²) >= 11 is 0. The molecule has 4 heterocycles. The number of nitrogens with zero attached hydrogens (tertiary/aromatic N) is 4. The number of pyridine rings is 2. The molecule has 39 heavy (non-hydrogen) atoms. The van der Waals surface area contributed by atoms with Gasteiger partial charge >= 0.3 is 11.9 Å². The molecule has 0 fully saturated rings. The van der Waals surface area contributed by atoms with E-state index in [0.717, 1.165) is 55.0 Å². The van der Waals surface area contributed by atoms with E-state index in [4.69, 9.17) is 9.47 Å². The van der Waals surface area contributed by atoms with E-state index in [9.17, 15) is 9.59 Å². The number of hydrogen-bond donors (Lipinski definition) is 0. The van der Waals surface area contributed by atoms with Crippen LogP contribution in [0.2, 0.25) is 0 Å². The number of fused-ring (bicyclic) bond motifs is 6. The lowest BCUT2D eigenvalue weighted by atomic mass is 10.1. The van der Waals surface area contributed by atoms with Crippen LogP contribution in [0.3, 0.4) is 0 Å². The Kier molecular flexibility index (Phi) is 6.02. The third-order valence-corrected chi connectivity index (χ3v) is 7.29. The van der Waals surface area contributed by atoms with E-state index in [2.05, 4.69) is 19.1 Å². The van der Waals surface area contributed by atoms with Crippen LogP contribution in [0, 0.1) is 13.8 Å². The van der Waals surface area contributed by atoms with Crippen molar-refractivity contribution in [1.29, 1.82) is 0 Å². The predicted molar refractivity (Wildman–Crippen MR) is 151 cm³/mol. The first-order valence-electron chi connectivity index (χ1n) is 12.9. The number of aromatic nitrogens is 4. The third-order valence-electron chi connectivity index (χ3n) is 7.29. The second-order valence-electron chi connectivity index (χ2n) is 9.76. The van der Waals surface area contributed by atoms with Crippen molar-refractivity contribution in [2.45, 2.75) is 20.3 Å². The molecule has 0 N–H and O–H groups in total. The van der Waals surface area contributed by atoms with Crippen molar-refractivity contribution in [2.24, 2.45) is 14.1 Å². The van der Waals surface area contributed by atoms with Crippen LogP contribution in [0.5, 0.6) is 0 Å². The molecule has 2 aromatic carbocycles. The summed E-state index contributed by atoms with van der Waals surface area (Å²) in [4.78, 5) is 34.5. The Morgan fingerprint density at radius 1 is 0.667 bits per heavy atom. The molecule has 0 atom stereocenters. The van der Waals surface area contributed by atoms with Crippen LogP contribution >= 0.6 is 0 Å². The van der Waals surface area contributed by atoms with Crippen molar-refractivity contribution in [3.05, 3.63) is 83.4 Å². The Balaban J connectivity index is 1.10. The van der Waals surface area contributed by atoms with Crippen LogP contribution in [-0.2, 0) is 23.6 Å². The number of benzene rings is 2. The summed E-state index contributed by atoms with van der Waals surface area (Å²) < 4.78 is 15.1. The third kappa shape index (κ3) is 4.09. The maximum atomic E-state index is 12.8. The predicted octanol–water partition coefficient (Wildman–Crippen LogP) is 5.79. The van der Waals surface area contributed by atoms with Crippen molar-refractivity contribution < 1.29 is 19.1 Å². The Hall–Kier alpha value is -4.72. The van der Waals surface area contributed by atoms with Crippen LogP contribution in [0.15, 0.2) is 60.7 Å². The van der Waals surface area contributed by atoms with Gasteiger partial charge in [-0.05, 0) is 38.1 Å². The topological polar surface area (TPSA) is 88.2 Å². The van der Waals surface area contributed by atoms with Gasteiger partial charge in [-0.1, -0.05) is 36.4 Å². The van der Waals surface area contributed by atoms with E-state index < -0.39 is 11.9 Å². The molecule has 0 aliphatic heterocycles. The molecule has 0 radical (unpaired) electrons. The standard InChI is InChI=1S/C31H28N4O4/c1-18-28-22(20-10-5-7-12-26(20)34(28)3)16-24(32-18)30(36)38-14-9-15-39-31(37)25-17-23-21-11-6-8-13-27(21)35(4)29(23)19(2)33-25/h5-8,10-13,16-17H,9,14-15H2,1-4H3. The molecule has 0 saturated carbocycles. The van der Waals surface area contributed by atoms with Gasteiger partial charge in [-0.15, -0.1) is 0 Å². The van der Waals surface area contributed by atoms with Crippen molar-refractivity contribution in [3.63, 3.8) is 0 Å². The molecular formula is C31H28N4O4. The number of aryl methyl sites for hydroxylation is 4. The first-order valence-corrected chi connectivity index (χ1v) is 12.9. The maximum absolute atomic E-state index is 12.8. The van der Waals surface area contributed by atoms with Crippen molar-refractivity contribution >= 4 is 55.6 Å². The zero-order chi connectivity index (χ0) is 27.3. The van der Waals surface area contributed by atoms with E-state index in [-0.39, 0.29) is 24.6 Å². The summed E-state index contributed by atoms with van der Waals surface area (Å²) in [5.74, 6) is -1.00. The van der Waals surface area contributed by atoms with Gasteiger partial charge in [0.1, 0.15) is 11.4 Å². The highest BCUT2D eigenvalue weighted by molar-refractivity contribution is 6.11. The monoisotopic (exact) mass is 520 g/mol. The molecule has 8 nitrogen and oxygen atoms in total. The highest BCUT2D eigenvalue weighted by Crippen LogP contribution is 2.31. The second kappa shape index (κ2) is 9.54. The molecule has 0 aliphatic carbocycles. The average molecular weight is 521 g/mol. The number of esters is 2. The lowest BCUT2D eigenvalue weighted by Gasteiger charge is -2.08. The lowest BCUT2D eigenvalue weighted by Crippen LogP contribution is -2.13. The van der Waals surface area contributed by atoms with Gasteiger partial charge in [0.15, 0.2) is 0 Å². The zero-order valence-electron chi connectivity index (χ0n) is 22.3. The van der Waals surface area contributed by atoms with Gasteiger partial charge in [0.2, 0.25) is 0 Å². The zero-order valence-corrected chi connectivity index (χ0v) is 22.3. The van der Waals surface area contributed by atoms with Crippen LogP contribution in [0.25, 0.3) is 43.6 Å². The normalized spacial score (nSPS) is 11.6. The van der Waals surface area contributed by atoms with Gasteiger partial charge in [-0.3, -0.25) is 0 Å². The van der Waals surface area contributed by atoms with E-state index >= 15 is 0 Å². The maximum Gasteiger partial charge on any atom is 0.356 e. The van der Waals surface area contributed by atoms with Crippen molar-refractivity contribution in [3.8, 4) is 0 Å². The number of hydrogen-bond acceptors (Lipinski definition) is 6. The van der Waals surface area contributed by atoms with Gasteiger partial charge in [0.25, 0.3) is 0 Å². The lowest BCUT2D eigenvalue weighted by molar-refractivity contribution is 0.0388. The summed E-state index contributed by atoms with van der Waals surface area (Å²) in [6, 6.07) is 19.7. The van der Waals surface area contributed by atoms with E-state index in [1.165, 1.54) is 0 Å². The van der Waals surface area contributed by atoms with Crippen LogP contribution < -0.4 is 0 Å². The quantitative estimate of drug-likeness (QED) is 0.204. The van der Waals surface area contributed by atoms with Gasteiger partial charge < -0.3 is 18.6 Å². The van der Waals surface area contributed by atoms with Gasteiger partial charge in [0.05, 0.1) is 35.6 Å². The van der Waals surface area contributed by atoms with Gasteiger partial charge in [-0.25, -0.2) is 19.6 Å². The van der Waals surface area contributed by atoms with Crippen molar-refractivity contribution in [1.82, 2.24) is 19.1 Å². The van der Waals surface area contributed by atoms with E-state index in [1.807, 2.05) is 76.5 Å². The number of carbonyl (C=O) groups is 2. The number of rotatable bonds is 6. The molecular weight excluding hydrogens is 492 g/mol. The Morgan fingerprint density at radius 2 is 1.08 bits per heavy atom. The van der Waals surface area contributed by atoms with E-state index in [0.29, 0.717) is 6.42 Å². The van der Waals surface area contributed by atoms with Crippen molar-refractivity contribution in [2.75, 3.05) is 13.2 Å². The fourth-order valence-corrected chi connectivity index (χ4v) is 5.56. The molecule has 0 bridgehead atoms. The van der Waals surface area contributed by atoms with Crippen LogP contribution in [0.1, 0.15) is 38.8 Å². The highest BCUT2D eigenvalue weighted by Gasteiger charge is 2.18. The first kappa shape index (κ1) is 24.6. The summed E-state index contributed by atoms with van der Waals surface area (Å²) in [7, 11) is 3.99. The molecule has 196 valence electrons. The molecule has 8 heteroatoms. The van der Waals surface area contributed by atoms with E-state index in [1.54, 1.807) is 12.1 Å².